The first-order valence-electron chi connectivity index (χ1n) is 5.40. The van der Waals surface area contributed by atoms with Crippen LogP contribution in [0.15, 0.2) is 46.9 Å². The summed E-state index contributed by atoms with van der Waals surface area (Å²) >= 11 is 9.51. The quantitative estimate of drug-likeness (QED) is 0.674. The number of alkyl halides is 1. The normalized spacial score (nSPS) is 12.4. The predicted molar refractivity (Wildman–Crippen MR) is 72.8 cm³/mol. The second-order valence-electron chi connectivity index (χ2n) is 3.92. The Morgan fingerprint density at radius 1 is 1.00 bits per heavy atom. The maximum atomic E-state index is 13.5. The van der Waals surface area contributed by atoms with E-state index in [9.17, 15) is 8.78 Å². The van der Waals surface area contributed by atoms with Crippen LogP contribution in [0.25, 0.3) is 0 Å². The summed E-state index contributed by atoms with van der Waals surface area (Å²) in [6.45, 7) is 0. The van der Waals surface area contributed by atoms with E-state index in [0.717, 1.165) is 10.0 Å². The van der Waals surface area contributed by atoms with Crippen molar-refractivity contribution in [3.05, 3.63) is 69.7 Å². The second-order valence-corrected chi connectivity index (χ2v) is 5.37. The molecule has 2 aromatic rings. The summed E-state index contributed by atoms with van der Waals surface area (Å²) in [7, 11) is 0. The van der Waals surface area contributed by atoms with Gasteiger partial charge in [0.1, 0.15) is 11.6 Å². The summed E-state index contributed by atoms with van der Waals surface area (Å²) < 4.78 is 27.9. The molecule has 0 heterocycles. The lowest BCUT2D eigenvalue weighted by Crippen LogP contribution is -2.01. The Hall–Kier alpha value is -0.930. The summed E-state index contributed by atoms with van der Waals surface area (Å²) in [4.78, 5) is 0. The predicted octanol–water partition coefficient (Wildman–Crippen LogP) is 5.25. The molecule has 0 radical (unpaired) electrons. The lowest BCUT2D eigenvalue weighted by Gasteiger charge is -2.11. The molecule has 1 unspecified atom stereocenters. The zero-order valence-corrected chi connectivity index (χ0v) is 11.7. The number of halogens is 4. The summed E-state index contributed by atoms with van der Waals surface area (Å²) in [6.07, 6.45) is 0.127. The maximum absolute atomic E-state index is 13.5. The van der Waals surface area contributed by atoms with Crippen molar-refractivity contribution < 1.29 is 8.78 Å². The van der Waals surface area contributed by atoms with Gasteiger partial charge in [0.2, 0.25) is 0 Å². The largest absolute Gasteiger partial charge is 0.207 e. The zero-order chi connectivity index (χ0) is 13.1. The van der Waals surface area contributed by atoms with Gasteiger partial charge in [0.05, 0.1) is 5.38 Å². The number of hydrogen-bond acceptors (Lipinski definition) is 0. The Bertz CT molecular complexity index is 520. The van der Waals surface area contributed by atoms with Crippen LogP contribution in [-0.2, 0) is 6.42 Å². The van der Waals surface area contributed by atoms with E-state index in [2.05, 4.69) is 15.9 Å². The van der Waals surface area contributed by atoms with Crippen molar-refractivity contribution in [3.8, 4) is 0 Å². The molecule has 94 valence electrons. The highest BCUT2D eigenvalue weighted by atomic mass is 79.9. The van der Waals surface area contributed by atoms with Crippen molar-refractivity contribution in [2.75, 3.05) is 0 Å². The summed E-state index contributed by atoms with van der Waals surface area (Å²) in [6, 6.07) is 11.2. The Labute approximate surface area is 118 Å². The van der Waals surface area contributed by atoms with Crippen LogP contribution in [0.4, 0.5) is 8.78 Å². The smallest absolute Gasteiger partial charge is 0.129 e. The molecule has 2 rings (SSSR count). The molecule has 0 aromatic heterocycles. The highest BCUT2D eigenvalue weighted by molar-refractivity contribution is 9.10. The van der Waals surface area contributed by atoms with Gasteiger partial charge in [0.25, 0.3) is 0 Å². The third-order valence-electron chi connectivity index (χ3n) is 2.68. The van der Waals surface area contributed by atoms with Gasteiger partial charge in [-0.2, -0.15) is 0 Å². The fraction of sp³-hybridized carbons (Fsp3) is 0.143. The highest BCUT2D eigenvalue weighted by Crippen LogP contribution is 2.28. The Kier molecular flexibility index (Phi) is 4.36. The van der Waals surface area contributed by atoms with E-state index >= 15 is 0 Å². The molecular formula is C14H10BrClF2. The van der Waals surface area contributed by atoms with Crippen LogP contribution in [-0.4, -0.2) is 0 Å². The van der Waals surface area contributed by atoms with E-state index in [1.54, 1.807) is 0 Å². The lowest BCUT2D eigenvalue weighted by molar-refractivity contribution is 0.553. The van der Waals surface area contributed by atoms with Crippen molar-refractivity contribution >= 4 is 27.5 Å². The van der Waals surface area contributed by atoms with E-state index in [-0.39, 0.29) is 12.0 Å². The molecule has 4 heteroatoms. The van der Waals surface area contributed by atoms with Crippen molar-refractivity contribution in [3.63, 3.8) is 0 Å². The molecule has 0 aliphatic rings. The molecule has 0 fully saturated rings. The molecule has 0 saturated heterocycles. The molecule has 0 amide bonds. The van der Waals surface area contributed by atoms with Crippen LogP contribution in [0, 0.1) is 11.6 Å². The van der Waals surface area contributed by atoms with Crippen molar-refractivity contribution in [2.24, 2.45) is 0 Å². The average Bonchev–Trinajstić information content (AvgIpc) is 2.34. The molecule has 0 spiro atoms. The molecule has 0 bridgehead atoms. The minimum atomic E-state index is -0.558. The van der Waals surface area contributed by atoms with Crippen LogP contribution >= 0.6 is 27.5 Å². The molecule has 0 N–H and O–H groups in total. The second kappa shape index (κ2) is 5.81. The maximum Gasteiger partial charge on any atom is 0.129 e. The summed E-state index contributed by atoms with van der Waals surface area (Å²) in [5, 5.41) is -0.454. The van der Waals surface area contributed by atoms with Crippen LogP contribution in [0.5, 0.6) is 0 Å². The van der Waals surface area contributed by atoms with E-state index in [4.69, 9.17) is 11.6 Å². The molecule has 0 saturated carbocycles. The third-order valence-corrected chi connectivity index (χ3v) is 3.61. The van der Waals surface area contributed by atoms with Crippen molar-refractivity contribution in [2.45, 2.75) is 11.8 Å². The van der Waals surface area contributed by atoms with Crippen molar-refractivity contribution in [1.82, 2.24) is 0 Å². The van der Waals surface area contributed by atoms with Gasteiger partial charge in [-0.1, -0.05) is 34.1 Å². The number of benzene rings is 2. The van der Waals surface area contributed by atoms with E-state index in [1.807, 2.05) is 24.3 Å². The monoisotopic (exact) mass is 330 g/mol. The first-order chi connectivity index (χ1) is 8.58. The fourth-order valence-corrected chi connectivity index (χ4v) is 2.26. The van der Waals surface area contributed by atoms with E-state index in [0.29, 0.717) is 0 Å². The summed E-state index contributed by atoms with van der Waals surface area (Å²) in [5.74, 6) is -1.12. The third kappa shape index (κ3) is 3.09. The number of hydrogen-bond donors (Lipinski definition) is 0. The first kappa shape index (κ1) is 13.5. The number of rotatable bonds is 3. The van der Waals surface area contributed by atoms with Crippen LogP contribution < -0.4 is 0 Å². The van der Waals surface area contributed by atoms with Crippen LogP contribution in [0.3, 0.4) is 0 Å². The Balaban J connectivity index is 2.21. The Morgan fingerprint density at radius 3 is 2.11 bits per heavy atom. The SMILES string of the molecule is Fc1cccc(F)c1CC(Cl)c1ccc(Br)cc1. The molecular weight excluding hydrogens is 322 g/mol. The molecule has 1 atom stereocenters. The van der Waals surface area contributed by atoms with E-state index < -0.39 is 17.0 Å². The average molecular weight is 332 g/mol. The van der Waals surface area contributed by atoms with Gasteiger partial charge in [-0.05, 0) is 36.2 Å². The van der Waals surface area contributed by atoms with Gasteiger partial charge in [0, 0.05) is 10.0 Å². The molecule has 0 aliphatic heterocycles. The van der Waals surface area contributed by atoms with Gasteiger partial charge in [0.15, 0.2) is 0 Å². The lowest BCUT2D eigenvalue weighted by atomic mass is 10.0. The Morgan fingerprint density at radius 2 is 1.56 bits per heavy atom. The molecule has 0 aliphatic carbocycles. The van der Waals surface area contributed by atoms with Gasteiger partial charge in [-0.15, -0.1) is 11.6 Å². The van der Waals surface area contributed by atoms with Crippen LogP contribution in [0.2, 0.25) is 0 Å². The van der Waals surface area contributed by atoms with E-state index in [1.165, 1.54) is 18.2 Å². The minimum Gasteiger partial charge on any atom is -0.207 e. The molecule has 18 heavy (non-hydrogen) atoms. The molecule has 0 nitrogen and oxygen atoms in total. The standard InChI is InChI=1S/C14H10BrClF2/c15-10-6-4-9(5-7-10)12(16)8-11-13(17)2-1-3-14(11)18/h1-7,12H,8H2. The fourth-order valence-electron chi connectivity index (χ4n) is 1.70. The van der Waals surface area contributed by atoms with Gasteiger partial charge in [-0.25, -0.2) is 8.78 Å². The zero-order valence-electron chi connectivity index (χ0n) is 9.34. The minimum absolute atomic E-state index is 0.0282. The van der Waals surface area contributed by atoms with Crippen LogP contribution in [0.1, 0.15) is 16.5 Å². The topological polar surface area (TPSA) is 0 Å². The highest BCUT2D eigenvalue weighted by Gasteiger charge is 2.15. The van der Waals surface area contributed by atoms with Gasteiger partial charge in [-0.3, -0.25) is 0 Å². The van der Waals surface area contributed by atoms with Gasteiger partial charge < -0.3 is 0 Å². The van der Waals surface area contributed by atoms with Crippen molar-refractivity contribution in [1.29, 1.82) is 0 Å². The summed E-state index contributed by atoms with van der Waals surface area (Å²) in [5.41, 5.74) is 0.864. The first-order valence-corrected chi connectivity index (χ1v) is 6.63. The van der Waals surface area contributed by atoms with Gasteiger partial charge >= 0.3 is 0 Å². The molecule has 2 aromatic carbocycles.